The van der Waals surface area contributed by atoms with Gasteiger partial charge in [0.2, 0.25) is 5.91 Å². The number of allylic oxidation sites excluding steroid dienone is 2. The van der Waals surface area contributed by atoms with Crippen molar-refractivity contribution in [2.45, 2.75) is 12.0 Å². The molecular formula is C9H13N2O2. The fourth-order valence-corrected chi connectivity index (χ4v) is 1.13. The number of hydrogen-bond acceptors (Lipinski definition) is 3. The van der Waals surface area contributed by atoms with Gasteiger partial charge in [-0.05, 0) is 13.0 Å². The average Bonchev–Trinajstić information content (AvgIpc) is 2.02. The van der Waals surface area contributed by atoms with Crippen LogP contribution in [0.5, 0.6) is 0 Å². The Balaban J connectivity index is 2.58. The van der Waals surface area contributed by atoms with Gasteiger partial charge in [-0.15, -0.1) is 0 Å². The van der Waals surface area contributed by atoms with Crippen molar-refractivity contribution in [1.82, 2.24) is 5.32 Å². The lowest BCUT2D eigenvalue weighted by Crippen LogP contribution is -2.39. The maximum atomic E-state index is 10.8. The number of nitrogens with one attached hydrogen (secondary N) is 1. The summed E-state index contributed by atoms with van der Waals surface area (Å²) in [5, 5.41) is 11.0. The predicted octanol–water partition coefficient (Wildman–Crippen LogP) is -0.530. The van der Waals surface area contributed by atoms with Crippen LogP contribution in [0.1, 0.15) is 6.42 Å². The summed E-state index contributed by atoms with van der Waals surface area (Å²) in [7, 11) is 0. The number of nitrogens with two attached hydrogens (primary N) is 1. The van der Waals surface area contributed by atoms with Crippen molar-refractivity contribution in [2.75, 3.05) is 6.61 Å². The van der Waals surface area contributed by atoms with E-state index in [1.165, 1.54) is 0 Å². The summed E-state index contributed by atoms with van der Waals surface area (Å²) in [4.78, 5) is 10.8. The number of amides is 1. The van der Waals surface area contributed by atoms with E-state index in [0.717, 1.165) is 0 Å². The predicted molar refractivity (Wildman–Crippen MR) is 49.3 cm³/mol. The summed E-state index contributed by atoms with van der Waals surface area (Å²) >= 11 is 0. The second-order valence-corrected chi connectivity index (χ2v) is 3.17. The molecule has 1 radical (unpaired) electrons. The minimum atomic E-state index is -0.660. The molecule has 0 aromatic carbocycles. The second kappa shape index (κ2) is 3.72. The van der Waals surface area contributed by atoms with E-state index >= 15 is 0 Å². The van der Waals surface area contributed by atoms with Crippen LogP contribution >= 0.6 is 0 Å². The van der Waals surface area contributed by atoms with E-state index in [2.05, 4.69) is 12.2 Å². The van der Waals surface area contributed by atoms with Gasteiger partial charge in [-0.2, -0.15) is 0 Å². The number of aliphatic hydroxyl groups excluding tert-OH is 1. The Morgan fingerprint density at radius 1 is 1.85 bits per heavy atom. The summed E-state index contributed by atoms with van der Waals surface area (Å²) in [6.45, 7) is 3.23. The van der Waals surface area contributed by atoms with Crippen LogP contribution in [0.4, 0.5) is 0 Å². The van der Waals surface area contributed by atoms with Crippen molar-refractivity contribution in [1.29, 1.82) is 0 Å². The van der Waals surface area contributed by atoms with Crippen molar-refractivity contribution < 1.29 is 9.90 Å². The number of carbonyl (C=O) groups excluding carboxylic acids is 1. The van der Waals surface area contributed by atoms with Gasteiger partial charge < -0.3 is 16.2 Å². The van der Waals surface area contributed by atoms with E-state index in [1.807, 2.05) is 0 Å². The quantitative estimate of drug-likeness (QED) is 0.536. The van der Waals surface area contributed by atoms with E-state index < -0.39 is 18.1 Å². The Morgan fingerprint density at radius 2 is 2.54 bits per heavy atom. The SMILES string of the molecule is [CH2]C1(N)C=CC=C(NC(=O)CO)C1. The topological polar surface area (TPSA) is 75.3 Å². The first-order valence-corrected chi connectivity index (χ1v) is 3.97. The van der Waals surface area contributed by atoms with Gasteiger partial charge in [0.05, 0.1) is 0 Å². The molecule has 1 rings (SSSR count). The number of hydrogen-bond donors (Lipinski definition) is 3. The molecule has 0 saturated heterocycles. The summed E-state index contributed by atoms with van der Waals surface area (Å²) < 4.78 is 0. The molecule has 13 heavy (non-hydrogen) atoms. The third kappa shape index (κ3) is 3.01. The number of rotatable bonds is 2. The highest BCUT2D eigenvalue weighted by atomic mass is 16.3. The highest BCUT2D eigenvalue weighted by Crippen LogP contribution is 2.17. The summed E-state index contributed by atoms with van der Waals surface area (Å²) in [5.74, 6) is -0.433. The van der Waals surface area contributed by atoms with Crippen LogP contribution in [0.3, 0.4) is 0 Å². The molecule has 1 unspecified atom stereocenters. The minimum absolute atomic E-state index is 0.433. The number of carbonyl (C=O) groups is 1. The molecule has 0 saturated carbocycles. The third-order valence-corrected chi connectivity index (χ3v) is 1.69. The average molecular weight is 181 g/mol. The van der Waals surface area contributed by atoms with Gasteiger partial charge in [-0.25, -0.2) is 0 Å². The first-order valence-electron chi connectivity index (χ1n) is 3.97. The lowest BCUT2D eigenvalue weighted by Gasteiger charge is -2.24. The highest BCUT2D eigenvalue weighted by molar-refractivity contribution is 5.78. The Hall–Kier alpha value is -1.13. The highest BCUT2D eigenvalue weighted by Gasteiger charge is 2.20. The maximum Gasteiger partial charge on any atom is 0.249 e. The van der Waals surface area contributed by atoms with Gasteiger partial charge in [-0.3, -0.25) is 4.79 Å². The van der Waals surface area contributed by atoms with Crippen LogP contribution in [0.2, 0.25) is 0 Å². The summed E-state index contributed by atoms with van der Waals surface area (Å²) in [6.07, 6.45) is 5.71. The van der Waals surface area contributed by atoms with Crippen molar-refractivity contribution in [3.8, 4) is 0 Å². The Bertz CT molecular complexity index is 267. The van der Waals surface area contributed by atoms with Crippen LogP contribution in [0.15, 0.2) is 23.9 Å². The molecule has 0 spiro atoms. The minimum Gasteiger partial charge on any atom is -0.387 e. The van der Waals surface area contributed by atoms with Gasteiger partial charge >= 0.3 is 0 Å². The second-order valence-electron chi connectivity index (χ2n) is 3.17. The monoisotopic (exact) mass is 181 g/mol. The van der Waals surface area contributed by atoms with E-state index in [-0.39, 0.29) is 0 Å². The van der Waals surface area contributed by atoms with E-state index in [4.69, 9.17) is 10.8 Å². The number of aliphatic hydroxyl groups is 1. The van der Waals surface area contributed by atoms with Gasteiger partial charge in [0.15, 0.2) is 0 Å². The molecule has 1 amide bonds. The summed E-state index contributed by atoms with van der Waals surface area (Å²) in [5.41, 5.74) is 5.75. The van der Waals surface area contributed by atoms with Crippen LogP contribution in [0, 0.1) is 6.92 Å². The summed E-state index contributed by atoms with van der Waals surface area (Å²) in [6, 6.07) is 0. The van der Waals surface area contributed by atoms with Crippen LogP contribution in [-0.4, -0.2) is 23.2 Å². The molecule has 0 aromatic rings. The normalized spacial score (nSPS) is 26.8. The van der Waals surface area contributed by atoms with Crippen LogP contribution in [0.25, 0.3) is 0 Å². The fourth-order valence-electron chi connectivity index (χ4n) is 1.13. The molecule has 1 aliphatic carbocycles. The molecule has 0 aliphatic heterocycles. The smallest absolute Gasteiger partial charge is 0.249 e. The Morgan fingerprint density at radius 3 is 3.08 bits per heavy atom. The largest absolute Gasteiger partial charge is 0.387 e. The maximum absolute atomic E-state index is 10.8. The molecule has 4 nitrogen and oxygen atoms in total. The van der Waals surface area contributed by atoms with Crippen LogP contribution in [-0.2, 0) is 4.79 Å². The lowest BCUT2D eigenvalue weighted by molar-refractivity contribution is -0.123. The van der Waals surface area contributed by atoms with E-state index in [0.29, 0.717) is 12.1 Å². The lowest BCUT2D eigenvalue weighted by atomic mass is 9.93. The third-order valence-electron chi connectivity index (χ3n) is 1.69. The Kier molecular flexibility index (Phi) is 2.85. The molecule has 71 valence electrons. The zero-order chi connectivity index (χ0) is 9.90. The molecule has 1 atom stereocenters. The van der Waals surface area contributed by atoms with E-state index in [9.17, 15) is 4.79 Å². The first kappa shape index (κ1) is 9.95. The molecule has 1 aliphatic rings. The van der Waals surface area contributed by atoms with Gasteiger partial charge in [0, 0.05) is 17.7 Å². The van der Waals surface area contributed by atoms with E-state index in [1.54, 1.807) is 18.2 Å². The van der Waals surface area contributed by atoms with Crippen molar-refractivity contribution in [3.05, 3.63) is 30.8 Å². The molecule has 0 aromatic heterocycles. The molecule has 0 bridgehead atoms. The van der Waals surface area contributed by atoms with Crippen LogP contribution < -0.4 is 11.1 Å². The fraction of sp³-hybridized carbons (Fsp3) is 0.333. The van der Waals surface area contributed by atoms with Crippen molar-refractivity contribution in [2.24, 2.45) is 5.73 Å². The Labute approximate surface area is 77.1 Å². The molecular weight excluding hydrogens is 168 g/mol. The van der Waals surface area contributed by atoms with Gasteiger partial charge in [0.25, 0.3) is 0 Å². The van der Waals surface area contributed by atoms with Crippen molar-refractivity contribution in [3.63, 3.8) is 0 Å². The molecule has 4 heteroatoms. The molecule has 0 heterocycles. The first-order chi connectivity index (χ1) is 6.03. The molecule has 4 N–H and O–H groups in total. The van der Waals surface area contributed by atoms with Gasteiger partial charge in [-0.1, -0.05) is 12.2 Å². The standard InChI is InChI=1S/C9H13N2O2/c1-9(10)4-2-3-7(5-9)11-8(13)6-12/h2-4,12H,1,5-6,10H2,(H,11,13). The molecule has 0 fully saturated rings. The zero-order valence-corrected chi connectivity index (χ0v) is 7.29. The van der Waals surface area contributed by atoms with Crippen molar-refractivity contribution >= 4 is 5.91 Å². The zero-order valence-electron chi connectivity index (χ0n) is 7.29. The van der Waals surface area contributed by atoms with Gasteiger partial charge in [0.1, 0.15) is 6.61 Å².